The van der Waals surface area contributed by atoms with E-state index >= 15 is 0 Å². The molecule has 96 valence electrons. The van der Waals surface area contributed by atoms with Crippen molar-refractivity contribution in [3.8, 4) is 0 Å². The van der Waals surface area contributed by atoms with E-state index in [4.69, 9.17) is 9.52 Å². The van der Waals surface area contributed by atoms with E-state index in [1.54, 1.807) is 10.6 Å². The van der Waals surface area contributed by atoms with Crippen molar-refractivity contribution in [2.45, 2.75) is 26.8 Å². The smallest absolute Gasteiger partial charge is 0.419 e. The number of hydrogen-bond donors (Lipinski definition) is 1. The third-order valence-electron chi connectivity index (χ3n) is 2.85. The summed E-state index contributed by atoms with van der Waals surface area (Å²) in [5, 5.41) is 8.87. The van der Waals surface area contributed by atoms with Crippen LogP contribution in [0, 0.1) is 5.92 Å². The van der Waals surface area contributed by atoms with Crippen LogP contribution < -0.4 is 5.76 Å². The lowest BCUT2D eigenvalue weighted by Crippen LogP contribution is -2.15. The Bertz CT molecular complexity index is 636. The molecule has 0 saturated heterocycles. The number of carboxylic acid groups (broad SMARTS) is 1. The van der Waals surface area contributed by atoms with E-state index < -0.39 is 11.7 Å². The van der Waals surface area contributed by atoms with E-state index in [-0.39, 0.29) is 5.56 Å². The van der Waals surface area contributed by atoms with Gasteiger partial charge in [-0.25, -0.2) is 9.59 Å². The first-order chi connectivity index (χ1) is 8.49. The zero-order chi connectivity index (χ0) is 13.3. The summed E-state index contributed by atoms with van der Waals surface area (Å²) >= 11 is 0. The maximum absolute atomic E-state index is 11.7. The number of oxazole rings is 1. The minimum atomic E-state index is -1.03. The van der Waals surface area contributed by atoms with Gasteiger partial charge in [-0.05, 0) is 30.5 Å². The molecule has 5 heteroatoms. The summed E-state index contributed by atoms with van der Waals surface area (Å²) in [7, 11) is 0. The number of benzene rings is 1. The fraction of sp³-hybridized carbons (Fsp3) is 0.385. The number of fused-ring (bicyclic) bond motifs is 1. The predicted molar refractivity (Wildman–Crippen MR) is 66.9 cm³/mol. The molecule has 0 aliphatic rings. The molecule has 2 aromatic rings. The maximum Gasteiger partial charge on any atom is 0.419 e. The van der Waals surface area contributed by atoms with Crippen molar-refractivity contribution >= 4 is 17.1 Å². The second kappa shape index (κ2) is 4.68. The molecular weight excluding hydrogens is 234 g/mol. The summed E-state index contributed by atoms with van der Waals surface area (Å²) in [6, 6.07) is 4.47. The number of nitrogens with zero attached hydrogens (tertiary/aromatic N) is 1. The van der Waals surface area contributed by atoms with Gasteiger partial charge in [0.05, 0.1) is 11.1 Å². The second-order valence-corrected chi connectivity index (χ2v) is 4.69. The van der Waals surface area contributed by atoms with Gasteiger partial charge in [0.25, 0.3) is 0 Å². The summed E-state index contributed by atoms with van der Waals surface area (Å²) in [5.41, 5.74) is 1.08. The molecule has 0 atom stereocenters. The number of aromatic nitrogens is 1. The molecule has 0 saturated carbocycles. The van der Waals surface area contributed by atoms with Gasteiger partial charge in [0, 0.05) is 6.54 Å². The van der Waals surface area contributed by atoms with Gasteiger partial charge in [0.1, 0.15) is 0 Å². The topological polar surface area (TPSA) is 72.4 Å². The minimum absolute atomic E-state index is 0.118. The highest BCUT2D eigenvalue weighted by molar-refractivity contribution is 5.91. The average Bonchev–Trinajstić information content (AvgIpc) is 2.60. The monoisotopic (exact) mass is 249 g/mol. The summed E-state index contributed by atoms with van der Waals surface area (Å²) < 4.78 is 6.61. The van der Waals surface area contributed by atoms with Gasteiger partial charge in [-0.3, -0.25) is 4.57 Å². The fourth-order valence-electron chi connectivity index (χ4n) is 1.80. The highest BCUT2D eigenvalue weighted by Gasteiger charge is 2.12. The van der Waals surface area contributed by atoms with E-state index in [1.165, 1.54) is 12.1 Å². The molecular formula is C13H15NO4. The van der Waals surface area contributed by atoms with E-state index in [9.17, 15) is 9.59 Å². The van der Waals surface area contributed by atoms with Gasteiger partial charge in [-0.15, -0.1) is 0 Å². The Hall–Kier alpha value is -2.04. The van der Waals surface area contributed by atoms with Gasteiger partial charge in [-0.2, -0.15) is 0 Å². The lowest BCUT2D eigenvalue weighted by atomic mass is 10.1. The summed E-state index contributed by atoms with van der Waals surface area (Å²) in [5.74, 6) is -0.984. The van der Waals surface area contributed by atoms with Gasteiger partial charge >= 0.3 is 11.7 Å². The molecule has 0 aliphatic carbocycles. The molecule has 0 aliphatic heterocycles. The fourth-order valence-corrected chi connectivity index (χ4v) is 1.80. The van der Waals surface area contributed by atoms with Crippen LogP contribution in [0.5, 0.6) is 0 Å². The Morgan fingerprint density at radius 3 is 2.78 bits per heavy atom. The standard InChI is InChI=1S/C13H15NO4/c1-8(2)5-6-14-10-4-3-9(12(15)16)7-11(10)18-13(14)17/h3-4,7-8H,5-6H2,1-2H3,(H,15,16). The van der Waals surface area contributed by atoms with Crippen molar-refractivity contribution < 1.29 is 14.3 Å². The van der Waals surface area contributed by atoms with Crippen LogP contribution in [0.2, 0.25) is 0 Å². The molecule has 0 bridgehead atoms. The average molecular weight is 249 g/mol. The Morgan fingerprint density at radius 1 is 1.44 bits per heavy atom. The van der Waals surface area contributed by atoms with Crippen LogP contribution in [0.1, 0.15) is 30.6 Å². The number of carboxylic acids is 1. The molecule has 1 N–H and O–H groups in total. The molecule has 1 aromatic carbocycles. The lowest BCUT2D eigenvalue weighted by Gasteiger charge is -2.04. The Balaban J connectivity index is 2.45. The molecule has 0 unspecified atom stereocenters. The molecule has 0 spiro atoms. The van der Waals surface area contributed by atoms with E-state index in [0.29, 0.717) is 23.6 Å². The molecule has 0 fully saturated rings. The first-order valence-corrected chi connectivity index (χ1v) is 5.85. The third-order valence-corrected chi connectivity index (χ3v) is 2.85. The Morgan fingerprint density at radius 2 is 2.17 bits per heavy atom. The van der Waals surface area contributed by atoms with Crippen LogP contribution in [0.25, 0.3) is 11.1 Å². The SMILES string of the molecule is CC(C)CCn1c(=O)oc2cc(C(=O)O)ccc21. The van der Waals surface area contributed by atoms with E-state index in [0.717, 1.165) is 6.42 Å². The van der Waals surface area contributed by atoms with Gasteiger partial charge in [0.15, 0.2) is 5.58 Å². The highest BCUT2D eigenvalue weighted by Crippen LogP contribution is 2.16. The van der Waals surface area contributed by atoms with E-state index in [2.05, 4.69) is 13.8 Å². The molecule has 18 heavy (non-hydrogen) atoms. The molecule has 0 amide bonds. The molecule has 1 aromatic heterocycles. The van der Waals surface area contributed by atoms with Crippen LogP contribution in [0.15, 0.2) is 27.4 Å². The normalized spacial score (nSPS) is 11.3. The number of carbonyl (C=O) groups is 1. The molecule has 0 radical (unpaired) electrons. The molecule has 5 nitrogen and oxygen atoms in total. The van der Waals surface area contributed by atoms with Gasteiger partial charge in [0.2, 0.25) is 0 Å². The number of hydrogen-bond acceptors (Lipinski definition) is 3. The summed E-state index contributed by atoms with van der Waals surface area (Å²) in [4.78, 5) is 22.5. The first-order valence-electron chi connectivity index (χ1n) is 5.85. The van der Waals surface area contributed by atoms with Crippen LogP contribution in [-0.4, -0.2) is 15.6 Å². The van der Waals surface area contributed by atoms with Crippen LogP contribution in [0.3, 0.4) is 0 Å². The number of rotatable bonds is 4. The van der Waals surface area contributed by atoms with Gasteiger partial charge < -0.3 is 9.52 Å². The largest absolute Gasteiger partial charge is 0.478 e. The zero-order valence-electron chi connectivity index (χ0n) is 10.3. The van der Waals surface area contributed by atoms with Crippen molar-refractivity contribution in [2.75, 3.05) is 0 Å². The second-order valence-electron chi connectivity index (χ2n) is 4.69. The quantitative estimate of drug-likeness (QED) is 0.902. The van der Waals surface area contributed by atoms with E-state index in [1.807, 2.05) is 0 Å². The zero-order valence-corrected chi connectivity index (χ0v) is 10.3. The van der Waals surface area contributed by atoms with Crippen LogP contribution in [0.4, 0.5) is 0 Å². The van der Waals surface area contributed by atoms with Gasteiger partial charge in [-0.1, -0.05) is 13.8 Å². The number of aryl methyl sites for hydroxylation is 1. The van der Waals surface area contributed by atoms with Crippen molar-refractivity contribution in [3.05, 3.63) is 34.3 Å². The van der Waals surface area contributed by atoms with Crippen LogP contribution in [-0.2, 0) is 6.54 Å². The van der Waals surface area contributed by atoms with Crippen LogP contribution >= 0.6 is 0 Å². The summed E-state index contributed by atoms with van der Waals surface area (Å²) in [6.45, 7) is 4.74. The lowest BCUT2D eigenvalue weighted by molar-refractivity contribution is 0.0697. The predicted octanol–water partition coefficient (Wildman–Crippen LogP) is 2.34. The Labute approximate surface area is 104 Å². The van der Waals surface area contributed by atoms with Crippen molar-refractivity contribution in [1.29, 1.82) is 0 Å². The highest BCUT2D eigenvalue weighted by atomic mass is 16.4. The number of aromatic carboxylic acids is 1. The Kier molecular flexibility index (Phi) is 3.23. The summed E-state index contributed by atoms with van der Waals surface area (Å²) in [6.07, 6.45) is 0.870. The minimum Gasteiger partial charge on any atom is -0.478 e. The van der Waals surface area contributed by atoms with Crippen molar-refractivity contribution in [2.24, 2.45) is 5.92 Å². The first kappa shape index (κ1) is 12.4. The molecule has 2 rings (SSSR count). The third kappa shape index (κ3) is 2.30. The maximum atomic E-state index is 11.7. The van der Waals surface area contributed by atoms with Crippen molar-refractivity contribution in [1.82, 2.24) is 4.57 Å². The van der Waals surface area contributed by atoms with Crippen molar-refractivity contribution in [3.63, 3.8) is 0 Å². The molecule has 1 heterocycles.